The number of likely N-dealkylation sites (tertiary alicyclic amines) is 1. The number of amides is 2. The lowest BCUT2D eigenvalue weighted by Gasteiger charge is -2.26. The number of fused-ring (bicyclic) bond motifs is 1. The van der Waals surface area contributed by atoms with E-state index in [2.05, 4.69) is 18.2 Å². The van der Waals surface area contributed by atoms with Crippen molar-refractivity contribution in [3.8, 4) is 6.07 Å². The molecule has 0 radical (unpaired) electrons. The van der Waals surface area contributed by atoms with Gasteiger partial charge in [0, 0.05) is 27.2 Å². The Morgan fingerprint density at radius 3 is 2.36 bits per heavy atom. The van der Waals surface area contributed by atoms with Crippen LogP contribution in [-0.2, 0) is 6.42 Å². The maximum absolute atomic E-state index is 12.1. The van der Waals surface area contributed by atoms with Crippen molar-refractivity contribution in [3.63, 3.8) is 0 Å². The second-order valence-electron chi connectivity index (χ2n) is 7.06. The zero-order valence-electron chi connectivity index (χ0n) is 13.3. The molecule has 0 aromatic heterocycles. The molecule has 2 aliphatic rings. The van der Waals surface area contributed by atoms with Crippen LogP contribution in [0.15, 0.2) is 30.3 Å². The molecule has 4 nitrogen and oxygen atoms in total. The van der Waals surface area contributed by atoms with Crippen molar-refractivity contribution in [2.75, 3.05) is 27.2 Å². The van der Waals surface area contributed by atoms with Gasteiger partial charge in [-0.05, 0) is 36.7 Å². The van der Waals surface area contributed by atoms with Crippen LogP contribution < -0.4 is 0 Å². The van der Waals surface area contributed by atoms with Gasteiger partial charge in [0.05, 0.1) is 11.5 Å². The third-order valence-corrected chi connectivity index (χ3v) is 5.16. The summed E-state index contributed by atoms with van der Waals surface area (Å²) >= 11 is 0. The lowest BCUT2D eigenvalue weighted by Crippen LogP contribution is -2.38. The maximum Gasteiger partial charge on any atom is 0.319 e. The first-order valence-corrected chi connectivity index (χ1v) is 7.94. The van der Waals surface area contributed by atoms with Gasteiger partial charge in [0.1, 0.15) is 0 Å². The maximum atomic E-state index is 12.1. The predicted molar refractivity (Wildman–Crippen MR) is 85.1 cm³/mol. The van der Waals surface area contributed by atoms with E-state index in [9.17, 15) is 10.1 Å². The molecule has 1 aliphatic carbocycles. The molecule has 0 bridgehead atoms. The number of benzene rings is 1. The number of rotatable bonds is 2. The van der Waals surface area contributed by atoms with Gasteiger partial charge in [-0.15, -0.1) is 0 Å². The molecule has 1 saturated heterocycles. The Kier molecular flexibility index (Phi) is 3.82. The molecule has 1 heterocycles. The van der Waals surface area contributed by atoms with Crippen molar-refractivity contribution in [1.29, 1.82) is 5.26 Å². The van der Waals surface area contributed by atoms with E-state index in [1.54, 1.807) is 19.0 Å². The number of carbonyl (C=O) groups excluding carboxylic acids is 1. The van der Waals surface area contributed by atoms with Gasteiger partial charge < -0.3 is 9.80 Å². The molecule has 22 heavy (non-hydrogen) atoms. The Labute approximate surface area is 132 Å². The van der Waals surface area contributed by atoms with E-state index in [-0.39, 0.29) is 11.4 Å². The monoisotopic (exact) mass is 297 g/mol. The molecule has 116 valence electrons. The first kappa shape index (κ1) is 14.9. The van der Waals surface area contributed by atoms with Crippen LogP contribution in [0, 0.1) is 28.6 Å². The third kappa shape index (κ3) is 2.68. The molecular weight excluding hydrogens is 274 g/mol. The number of hydrogen-bond acceptors (Lipinski definition) is 2. The summed E-state index contributed by atoms with van der Waals surface area (Å²) in [6.45, 7) is 1.61. The molecule has 3 rings (SSSR count). The third-order valence-electron chi connectivity index (χ3n) is 5.16. The van der Waals surface area contributed by atoms with Gasteiger partial charge in [-0.1, -0.05) is 30.3 Å². The molecule has 2 fully saturated rings. The highest BCUT2D eigenvalue weighted by Crippen LogP contribution is 2.50. The zero-order valence-corrected chi connectivity index (χ0v) is 13.3. The Bertz CT molecular complexity index is 576. The van der Waals surface area contributed by atoms with Crippen LogP contribution in [0.5, 0.6) is 0 Å². The Morgan fingerprint density at radius 1 is 1.27 bits per heavy atom. The number of carbonyl (C=O) groups is 1. The fourth-order valence-corrected chi connectivity index (χ4v) is 4.19. The molecule has 1 aliphatic heterocycles. The normalized spacial score (nSPS) is 30.0. The Balaban J connectivity index is 1.68. The Morgan fingerprint density at radius 2 is 1.86 bits per heavy atom. The molecule has 1 aromatic rings. The van der Waals surface area contributed by atoms with Crippen LogP contribution in [-0.4, -0.2) is 43.0 Å². The molecule has 1 saturated carbocycles. The lowest BCUT2D eigenvalue weighted by molar-refractivity contribution is 0.175. The van der Waals surface area contributed by atoms with Crippen LogP contribution >= 0.6 is 0 Å². The molecule has 1 unspecified atom stereocenters. The first-order valence-electron chi connectivity index (χ1n) is 7.94. The van der Waals surface area contributed by atoms with Crippen LogP contribution in [0.1, 0.15) is 18.4 Å². The van der Waals surface area contributed by atoms with Crippen molar-refractivity contribution in [3.05, 3.63) is 35.9 Å². The molecule has 0 spiro atoms. The highest BCUT2D eigenvalue weighted by Gasteiger charge is 2.50. The molecule has 0 N–H and O–H groups in total. The Hall–Kier alpha value is -2.02. The van der Waals surface area contributed by atoms with Crippen molar-refractivity contribution >= 4 is 6.03 Å². The van der Waals surface area contributed by atoms with Gasteiger partial charge in [0.25, 0.3) is 0 Å². The van der Waals surface area contributed by atoms with Gasteiger partial charge >= 0.3 is 6.03 Å². The van der Waals surface area contributed by atoms with E-state index in [0.29, 0.717) is 11.8 Å². The van der Waals surface area contributed by atoms with Crippen LogP contribution in [0.25, 0.3) is 0 Å². The van der Waals surface area contributed by atoms with Crippen LogP contribution in [0.4, 0.5) is 4.79 Å². The predicted octanol–water partition coefficient (Wildman–Crippen LogP) is 2.76. The summed E-state index contributed by atoms with van der Waals surface area (Å²) in [7, 11) is 3.59. The minimum absolute atomic E-state index is 0.0972. The van der Waals surface area contributed by atoms with Gasteiger partial charge in [0.2, 0.25) is 0 Å². The summed E-state index contributed by atoms with van der Waals surface area (Å²) < 4.78 is 0. The minimum Gasteiger partial charge on any atom is -0.331 e. The van der Waals surface area contributed by atoms with Crippen molar-refractivity contribution in [1.82, 2.24) is 9.80 Å². The minimum atomic E-state index is -0.246. The molecule has 4 heteroatoms. The second-order valence-corrected chi connectivity index (χ2v) is 7.06. The van der Waals surface area contributed by atoms with Crippen molar-refractivity contribution in [2.24, 2.45) is 17.3 Å². The quantitative estimate of drug-likeness (QED) is 0.842. The van der Waals surface area contributed by atoms with E-state index < -0.39 is 0 Å². The number of urea groups is 1. The molecule has 1 aromatic carbocycles. The van der Waals surface area contributed by atoms with Crippen molar-refractivity contribution in [2.45, 2.75) is 19.3 Å². The smallest absolute Gasteiger partial charge is 0.319 e. The van der Waals surface area contributed by atoms with Gasteiger partial charge in [-0.25, -0.2) is 4.79 Å². The number of nitriles is 1. The summed E-state index contributed by atoms with van der Waals surface area (Å²) in [5.74, 6) is 0.958. The van der Waals surface area contributed by atoms with Gasteiger partial charge in [-0.3, -0.25) is 0 Å². The number of nitrogens with zero attached hydrogens (tertiary/aromatic N) is 3. The summed E-state index contributed by atoms with van der Waals surface area (Å²) in [6.07, 6.45) is 2.67. The zero-order chi connectivity index (χ0) is 15.7. The average Bonchev–Trinajstić information content (AvgIpc) is 3.03. The van der Waals surface area contributed by atoms with E-state index in [1.165, 1.54) is 5.56 Å². The standard InChI is InChI=1S/C18H23N3O/c1-20(2)17(22)21-11-15-9-18(13-19,10-16(15)12-21)8-14-6-4-3-5-7-14/h3-7,15-16H,8-12H2,1-2H3/t15-,16+,18?. The molecule has 3 atom stereocenters. The van der Waals surface area contributed by atoms with E-state index in [4.69, 9.17) is 0 Å². The largest absolute Gasteiger partial charge is 0.331 e. The average molecular weight is 297 g/mol. The highest BCUT2D eigenvalue weighted by molar-refractivity contribution is 5.74. The van der Waals surface area contributed by atoms with Gasteiger partial charge in [-0.2, -0.15) is 5.26 Å². The summed E-state index contributed by atoms with van der Waals surface area (Å²) in [5.41, 5.74) is 0.995. The molecular formula is C18H23N3O. The summed E-state index contributed by atoms with van der Waals surface area (Å²) in [6, 6.07) is 13.0. The number of hydrogen-bond donors (Lipinski definition) is 0. The summed E-state index contributed by atoms with van der Waals surface area (Å²) in [4.78, 5) is 15.7. The van der Waals surface area contributed by atoms with E-state index in [1.807, 2.05) is 23.1 Å². The van der Waals surface area contributed by atoms with Crippen LogP contribution in [0.2, 0.25) is 0 Å². The topological polar surface area (TPSA) is 47.3 Å². The molecule has 2 amide bonds. The van der Waals surface area contributed by atoms with Gasteiger partial charge in [0.15, 0.2) is 0 Å². The summed E-state index contributed by atoms with van der Waals surface area (Å²) in [5, 5.41) is 9.76. The van der Waals surface area contributed by atoms with E-state index >= 15 is 0 Å². The SMILES string of the molecule is CN(C)C(=O)N1C[C@@H]2CC(C#N)(Cc3ccccc3)C[C@@H]2C1. The fourth-order valence-electron chi connectivity index (χ4n) is 4.19. The van der Waals surface area contributed by atoms with Crippen LogP contribution in [0.3, 0.4) is 0 Å². The second kappa shape index (κ2) is 5.64. The first-order chi connectivity index (χ1) is 10.5. The van der Waals surface area contributed by atoms with E-state index in [0.717, 1.165) is 32.4 Å². The lowest BCUT2D eigenvalue weighted by atomic mass is 9.80. The van der Waals surface area contributed by atoms with Crippen molar-refractivity contribution < 1.29 is 4.79 Å². The fraction of sp³-hybridized carbons (Fsp3) is 0.556. The highest BCUT2D eigenvalue weighted by atomic mass is 16.2.